The van der Waals surface area contributed by atoms with Crippen LogP contribution in [0.5, 0.6) is 0 Å². The molecule has 2 heterocycles. The summed E-state index contributed by atoms with van der Waals surface area (Å²) in [6.45, 7) is 0.693. The van der Waals surface area contributed by atoms with E-state index >= 15 is 0 Å². The van der Waals surface area contributed by atoms with Gasteiger partial charge >= 0.3 is 0 Å². The zero-order valence-corrected chi connectivity index (χ0v) is 9.35. The minimum Gasteiger partial charge on any atom is -0.355 e. The van der Waals surface area contributed by atoms with Gasteiger partial charge in [0.15, 0.2) is 0 Å². The van der Waals surface area contributed by atoms with Gasteiger partial charge in [-0.1, -0.05) is 0 Å². The Kier molecular flexibility index (Phi) is 3.66. The lowest BCUT2D eigenvalue weighted by Crippen LogP contribution is -2.32. The van der Waals surface area contributed by atoms with Gasteiger partial charge in [-0.15, -0.1) is 11.8 Å². The Morgan fingerprint density at radius 1 is 1.73 bits per heavy atom. The van der Waals surface area contributed by atoms with Gasteiger partial charge in [-0.3, -0.25) is 4.79 Å². The first-order chi connectivity index (χ1) is 7.36. The zero-order chi connectivity index (χ0) is 10.5. The fourth-order valence-corrected chi connectivity index (χ4v) is 2.83. The Bertz CT molecular complexity index is 306. The van der Waals surface area contributed by atoms with Crippen molar-refractivity contribution >= 4 is 17.7 Å². The number of amides is 1. The molecular weight excluding hydrogens is 210 g/mol. The second-order valence-corrected chi connectivity index (χ2v) is 4.93. The molecule has 15 heavy (non-hydrogen) atoms. The quantitative estimate of drug-likeness (QED) is 0.802. The highest BCUT2D eigenvalue weighted by Crippen LogP contribution is 2.25. The number of aromatic nitrogens is 2. The molecule has 1 aliphatic rings. The summed E-state index contributed by atoms with van der Waals surface area (Å²) in [6, 6.07) is 0. The van der Waals surface area contributed by atoms with E-state index in [1.165, 1.54) is 6.42 Å². The summed E-state index contributed by atoms with van der Waals surface area (Å²) in [4.78, 5) is 18.6. The van der Waals surface area contributed by atoms with Gasteiger partial charge in [-0.05, 0) is 18.6 Å². The third-order valence-electron chi connectivity index (χ3n) is 2.47. The van der Waals surface area contributed by atoms with Gasteiger partial charge < -0.3 is 10.3 Å². The van der Waals surface area contributed by atoms with Crippen LogP contribution in [0, 0.1) is 0 Å². The molecule has 1 fully saturated rings. The molecule has 0 aliphatic carbocycles. The number of aromatic amines is 1. The summed E-state index contributed by atoms with van der Waals surface area (Å²) in [5, 5.41) is 3.14. The third-order valence-corrected chi connectivity index (χ3v) is 3.85. The number of rotatable bonds is 4. The van der Waals surface area contributed by atoms with Crippen molar-refractivity contribution in [1.82, 2.24) is 15.3 Å². The zero-order valence-electron chi connectivity index (χ0n) is 8.53. The lowest BCUT2D eigenvalue weighted by molar-refractivity contribution is -0.120. The monoisotopic (exact) mass is 225 g/mol. The summed E-state index contributed by atoms with van der Waals surface area (Å²) in [7, 11) is 0. The predicted molar refractivity (Wildman–Crippen MR) is 60.8 cm³/mol. The number of carbonyl (C=O) groups excluding carboxylic acids is 1. The van der Waals surface area contributed by atoms with E-state index in [0.717, 1.165) is 24.3 Å². The van der Waals surface area contributed by atoms with Gasteiger partial charge in [0.25, 0.3) is 0 Å². The van der Waals surface area contributed by atoms with Gasteiger partial charge in [0.2, 0.25) is 5.91 Å². The van der Waals surface area contributed by atoms with Crippen LogP contribution >= 0.6 is 11.8 Å². The Labute approximate surface area is 93.2 Å². The number of carbonyl (C=O) groups is 1. The lowest BCUT2D eigenvalue weighted by Gasteiger charge is -2.08. The van der Waals surface area contributed by atoms with E-state index < -0.39 is 0 Å². The number of hydrogen-bond acceptors (Lipinski definition) is 3. The van der Waals surface area contributed by atoms with Crippen molar-refractivity contribution in [2.24, 2.45) is 0 Å². The Hall–Kier alpha value is -0.970. The first kappa shape index (κ1) is 10.5. The fraction of sp³-hybridized carbons (Fsp3) is 0.600. The van der Waals surface area contributed by atoms with Crippen LogP contribution in [0.1, 0.15) is 18.5 Å². The van der Waals surface area contributed by atoms with Crippen molar-refractivity contribution in [3.63, 3.8) is 0 Å². The second kappa shape index (κ2) is 5.21. The number of H-pyrrole nitrogens is 1. The minimum atomic E-state index is 0.187. The van der Waals surface area contributed by atoms with Crippen LogP contribution in [0.25, 0.3) is 0 Å². The van der Waals surface area contributed by atoms with Crippen LogP contribution in [0.3, 0.4) is 0 Å². The van der Waals surface area contributed by atoms with Gasteiger partial charge in [-0.25, -0.2) is 4.98 Å². The maximum Gasteiger partial charge on any atom is 0.233 e. The number of thioether (sulfide) groups is 1. The predicted octanol–water partition coefficient (Wildman–Crippen LogP) is 0.964. The topological polar surface area (TPSA) is 57.8 Å². The normalized spacial score (nSPS) is 20.4. The summed E-state index contributed by atoms with van der Waals surface area (Å²) >= 11 is 1.77. The van der Waals surface area contributed by atoms with Crippen LogP contribution < -0.4 is 5.32 Å². The molecule has 0 saturated carbocycles. The Balaban J connectivity index is 1.67. The number of nitrogens with one attached hydrogen (secondary N) is 2. The van der Waals surface area contributed by atoms with E-state index in [1.54, 1.807) is 24.3 Å². The molecule has 1 aromatic heterocycles. The van der Waals surface area contributed by atoms with E-state index in [0.29, 0.717) is 6.54 Å². The van der Waals surface area contributed by atoms with Crippen LogP contribution in [-0.2, 0) is 11.2 Å². The van der Waals surface area contributed by atoms with Crippen LogP contribution in [-0.4, -0.2) is 33.4 Å². The van der Waals surface area contributed by atoms with E-state index in [2.05, 4.69) is 15.3 Å². The van der Waals surface area contributed by atoms with Crippen molar-refractivity contribution in [3.05, 3.63) is 18.2 Å². The largest absolute Gasteiger partial charge is 0.355 e. The van der Waals surface area contributed by atoms with E-state index in [-0.39, 0.29) is 11.2 Å². The standard InChI is InChI=1S/C10H15N3OS/c14-10(9-2-1-5-15-9)12-4-3-8-6-11-7-13-8/h6-7,9H,1-5H2,(H,11,13)(H,12,14). The first-order valence-electron chi connectivity index (χ1n) is 5.23. The fourth-order valence-electron chi connectivity index (χ4n) is 1.64. The van der Waals surface area contributed by atoms with E-state index in [1.807, 2.05) is 0 Å². The average Bonchev–Trinajstić information content (AvgIpc) is 2.90. The molecule has 1 atom stereocenters. The highest BCUT2D eigenvalue weighted by molar-refractivity contribution is 8.00. The van der Waals surface area contributed by atoms with Gasteiger partial charge in [0, 0.05) is 24.9 Å². The molecule has 1 amide bonds. The van der Waals surface area contributed by atoms with Gasteiger partial charge in [-0.2, -0.15) is 0 Å². The summed E-state index contributed by atoms with van der Waals surface area (Å²) < 4.78 is 0. The molecule has 2 N–H and O–H groups in total. The lowest BCUT2D eigenvalue weighted by atomic mass is 10.2. The molecule has 4 nitrogen and oxygen atoms in total. The molecule has 1 unspecified atom stereocenters. The highest BCUT2D eigenvalue weighted by atomic mass is 32.2. The van der Waals surface area contributed by atoms with Crippen LogP contribution in [0.15, 0.2) is 12.5 Å². The molecule has 0 bridgehead atoms. The molecule has 1 saturated heterocycles. The van der Waals surface area contributed by atoms with Crippen molar-refractivity contribution in [1.29, 1.82) is 0 Å². The van der Waals surface area contributed by atoms with Gasteiger partial charge in [0.05, 0.1) is 11.6 Å². The summed E-state index contributed by atoms with van der Waals surface area (Å²) in [5.74, 6) is 1.32. The van der Waals surface area contributed by atoms with Crippen LogP contribution in [0.2, 0.25) is 0 Å². The second-order valence-electron chi connectivity index (χ2n) is 3.62. The maximum absolute atomic E-state index is 11.6. The maximum atomic E-state index is 11.6. The SMILES string of the molecule is O=C(NCCc1cnc[nH]1)C1CCCS1. The van der Waals surface area contributed by atoms with Crippen molar-refractivity contribution in [2.45, 2.75) is 24.5 Å². The van der Waals surface area contributed by atoms with Crippen molar-refractivity contribution in [3.8, 4) is 0 Å². The molecule has 0 radical (unpaired) electrons. The number of nitrogens with zero attached hydrogens (tertiary/aromatic N) is 1. The van der Waals surface area contributed by atoms with Crippen molar-refractivity contribution < 1.29 is 4.79 Å². The molecular formula is C10H15N3OS. The van der Waals surface area contributed by atoms with E-state index in [9.17, 15) is 4.79 Å². The molecule has 2 rings (SSSR count). The van der Waals surface area contributed by atoms with Crippen LogP contribution in [0.4, 0.5) is 0 Å². The molecule has 1 aliphatic heterocycles. The Morgan fingerprint density at radius 2 is 2.67 bits per heavy atom. The molecule has 82 valence electrons. The first-order valence-corrected chi connectivity index (χ1v) is 6.28. The molecule has 0 aromatic carbocycles. The van der Waals surface area contributed by atoms with Crippen molar-refractivity contribution in [2.75, 3.05) is 12.3 Å². The molecule has 5 heteroatoms. The summed E-state index contributed by atoms with van der Waals surface area (Å²) in [5.41, 5.74) is 1.06. The number of hydrogen-bond donors (Lipinski definition) is 2. The Morgan fingerprint density at radius 3 is 3.33 bits per heavy atom. The third kappa shape index (κ3) is 2.99. The average molecular weight is 225 g/mol. The molecule has 0 spiro atoms. The van der Waals surface area contributed by atoms with E-state index in [4.69, 9.17) is 0 Å². The number of imidazole rings is 1. The molecule has 1 aromatic rings. The van der Waals surface area contributed by atoms with Gasteiger partial charge in [0.1, 0.15) is 0 Å². The minimum absolute atomic E-state index is 0.187. The highest BCUT2D eigenvalue weighted by Gasteiger charge is 2.22. The smallest absolute Gasteiger partial charge is 0.233 e. The summed E-state index contributed by atoms with van der Waals surface area (Å²) in [6.07, 6.45) is 6.47.